The number of nitro benzene ring substituents is 1. The predicted octanol–water partition coefficient (Wildman–Crippen LogP) is 4.77. The summed E-state index contributed by atoms with van der Waals surface area (Å²) in [4.78, 5) is 27.5. The summed E-state index contributed by atoms with van der Waals surface area (Å²) in [6.07, 6.45) is 4.86. The molecule has 1 aromatic heterocycles. The number of carbonyl (C=O) groups excluding carboxylic acids is 1. The Morgan fingerprint density at radius 2 is 2.18 bits per heavy atom. The summed E-state index contributed by atoms with van der Waals surface area (Å²) < 4.78 is 2.97. The van der Waals surface area contributed by atoms with E-state index in [0.717, 1.165) is 22.5 Å². The van der Waals surface area contributed by atoms with E-state index in [-0.39, 0.29) is 5.69 Å². The lowest BCUT2D eigenvalue weighted by molar-refractivity contribution is -0.384. The van der Waals surface area contributed by atoms with Gasteiger partial charge in [-0.2, -0.15) is 16.8 Å². The molecule has 0 radical (unpaired) electrons. The van der Waals surface area contributed by atoms with Gasteiger partial charge in [-0.15, -0.1) is 0 Å². The molecule has 0 aliphatic heterocycles. The number of rotatable bonds is 6. The van der Waals surface area contributed by atoms with Gasteiger partial charge in [0.15, 0.2) is 4.80 Å². The zero-order valence-corrected chi connectivity index (χ0v) is 17.3. The van der Waals surface area contributed by atoms with Crippen LogP contribution in [0.4, 0.5) is 5.69 Å². The van der Waals surface area contributed by atoms with Crippen LogP contribution in [0.2, 0.25) is 5.02 Å². The maximum absolute atomic E-state index is 12.3. The molecule has 0 N–H and O–H groups in total. The Bertz CT molecular complexity index is 1130. The number of aryl methyl sites for hydroxylation is 1. The normalized spacial score (nSPS) is 12.1. The van der Waals surface area contributed by atoms with E-state index < -0.39 is 10.8 Å². The molecule has 3 aromatic rings. The minimum absolute atomic E-state index is 0.0252. The molecule has 2 aromatic carbocycles. The third-order valence-electron chi connectivity index (χ3n) is 3.87. The summed E-state index contributed by atoms with van der Waals surface area (Å²) in [5, 5.41) is 11.5. The highest BCUT2D eigenvalue weighted by atomic mass is 35.5. The average molecular weight is 434 g/mol. The molecule has 28 heavy (non-hydrogen) atoms. The van der Waals surface area contributed by atoms with Gasteiger partial charge in [0, 0.05) is 35.5 Å². The van der Waals surface area contributed by atoms with Crippen LogP contribution in [0, 0.1) is 10.1 Å². The Balaban J connectivity index is 1.93. The highest BCUT2D eigenvalue weighted by Crippen LogP contribution is 2.22. The summed E-state index contributed by atoms with van der Waals surface area (Å²) in [6.45, 7) is 0.726. The number of hydrogen-bond donors (Lipinski definition) is 0. The van der Waals surface area contributed by atoms with Crippen molar-refractivity contribution in [2.45, 2.75) is 6.54 Å². The quantitative estimate of drug-likeness (QED) is 0.318. The minimum Gasteiger partial charge on any atom is -0.316 e. The number of carbonyl (C=O) groups is 1. The van der Waals surface area contributed by atoms with Gasteiger partial charge >= 0.3 is 0 Å². The Morgan fingerprint density at radius 3 is 2.93 bits per heavy atom. The van der Waals surface area contributed by atoms with Crippen molar-refractivity contribution in [3.8, 4) is 0 Å². The maximum Gasteiger partial charge on any atom is 0.272 e. The maximum atomic E-state index is 12.3. The molecule has 6 nitrogen and oxygen atoms in total. The van der Waals surface area contributed by atoms with Crippen LogP contribution < -0.4 is 4.80 Å². The van der Waals surface area contributed by atoms with Gasteiger partial charge in [-0.3, -0.25) is 14.9 Å². The summed E-state index contributed by atoms with van der Waals surface area (Å²) >= 11 is 9.20. The van der Waals surface area contributed by atoms with Crippen molar-refractivity contribution in [1.29, 1.82) is 0 Å². The lowest BCUT2D eigenvalue weighted by Crippen LogP contribution is -2.17. The molecule has 0 aliphatic carbocycles. The lowest BCUT2D eigenvalue weighted by Gasteiger charge is -2.03. The third-order valence-corrected chi connectivity index (χ3v) is 5.74. The Morgan fingerprint density at radius 1 is 1.36 bits per heavy atom. The van der Waals surface area contributed by atoms with Gasteiger partial charge in [-0.25, -0.2) is 0 Å². The number of non-ortho nitro benzene ring substituents is 1. The molecule has 0 fully saturated rings. The number of hydrogen-bond acceptors (Lipinski definition) is 5. The summed E-state index contributed by atoms with van der Waals surface area (Å²) in [7, 11) is 0. The topological polar surface area (TPSA) is 77.5 Å². The van der Waals surface area contributed by atoms with E-state index in [4.69, 9.17) is 11.6 Å². The van der Waals surface area contributed by atoms with Gasteiger partial charge in [0.1, 0.15) is 0 Å². The molecule has 1 amide bonds. The molecule has 144 valence electrons. The fourth-order valence-corrected chi connectivity index (χ4v) is 4.27. The first-order chi connectivity index (χ1) is 13.5. The summed E-state index contributed by atoms with van der Waals surface area (Å²) in [5.74, 6) is 0.460. The van der Waals surface area contributed by atoms with Gasteiger partial charge in [-0.05, 0) is 36.1 Å². The highest BCUT2D eigenvalue weighted by Gasteiger charge is 2.08. The first kappa shape index (κ1) is 20.3. The number of thioether (sulfide) groups is 1. The number of thiazole rings is 1. The molecular weight excluding hydrogens is 418 g/mol. The molecule has 0 unspecified atom stereocenters. The standard InChI is InChI=1S/C19H16ClN3O3S2/c1-27-10-9-22-16-7-6-14(20)12-17(16)28-19(22)21-18(24)8-5-13-3-2-4-15(11-13)23(25)26/h2-8,11-12H,9-10H2,1H3/b8-5+,21-19?. The van der Waals surface area contributed by atoms with Gasteiger partial charge in [0.05, 0.1) is 15.1 Å². The number of amides is 1. The second-order valence-electron chi connectivity index (χ2n) is 5.78. The van der Waals surface area contributed by atoms with E-state index in [1.807, 2.05) is 29.0 Å². The number of nitro groups is 1. The monoisotopic (exact) mass is 433 g/mol. The van der Waals surface area contributed by atoms with E-state index in [1.54, 1.807) is 23.9 Å². The number of halogens is 1. The van der Waals surface area contributed by atoms with Gasteiger partial charge in [0.25, 0.3) is 11.6 Å². The van der Waals surface area contributed by atoms with Crippen LogP contribution in [0.3, 0.4) is 0 Å². The van der Waals surface area contributed by atoms with E-state index in [0.29, 0.717) is 15.4 Å². The Labute approximate surface area is 174 Å². The van der Waals surface area contributed by atoms with E-state index in [2.05, 4.69) is 4.99 Å². The smallest absolute Gasteiger partial charge is 0.272 e. The van der Waals surface area contributed by atoms with E-state index in [9.17, 15) is 14.9 Å². The van der Waals surface area contributed by atoms with Crippen LogP contribution in [0.25, 0.3) is 16.3 Å². The second kappa shape index (κ2) is 9.18. The van der Waals surface area contributed by atoms with E-state index >= 15 is 0 Å². The number of benzene rings is 2. The van der Waals surface area contributed by atoms with Crippen molar-refractivity contribution < 1.29 is 9.72 Å². The minimum atomic E-state index is -0.472. The zero-order chi connectivity index (χ0) is 20.1. The molecular formula is C19H16ClN3O3S2. The van der Waals surface area contributed by atoms with Crippen molar-refractivity contribution in [2.24, 2.45) is 4.99 Å². The molecule has 0 saturated heterocycles. The lowest BCUT2D eigenvalue weighted by atomic mass is 10.2. The third kappa shape index (κ3) is 4.89. The number of nitrogens with zero attached hydrogens (tertiary/aromatic N) is 3. The largest absolute Gasteiger partial charge is 0.316 e. The van der Waals surface area contributed by atoms with Gasteiger partial charge in [0.2, 0.25) is 0 Å². The molecule has 0 aliphatic rings. The summed E-state index contributed by atoms with van der Waals surface area (Å²) in [6, 6.07) is 11.7. The molecule has 0 spiro atoms. The predicted molar refractivity (Wildman–Crippen MR) is 116 cm³/mol. The van der Waals surface area contributed by atoms with Crippen LogP contribution in [-0.2, 0) is 11.3 Å². The van der Waals surface area contributed by atoms with Crippen molar-refractivity contribution in [3.05, 3.63) is 74.0 Å². The molecule has 3 rings (SSSR count). The molecule has 0 saturated carbocycles. The molecule has 9 heteroatoms. The fourth-order valence-electron chi connectivity index (χ4n) is 2.57. The SMILES string of the molecule is CSCCn1c(=NC(=O)/C=C/c2cccc([N+](=O)[O-])c2)sc2cc(Cl)ccc21. The van der Waals surface area contributed by atoms with Crippen LogP contribution in [0.5, 0.6) is 0 Å². The van der Waals surface area contributed by atoms with Crippen molar-refractivity contribution in [3.63, 3.8) is 0 Å². The fraction of sp³-hybridized carbons (Fsp3) is 0.158. The Hall–Kier alpha value is -2.42. The van der Waals surface area contributed by atoms with Crippen molar-refractivity contribution >= 4 is 62.6 Å². The average Bonchev–Trinajstić information content (AvgIpc) is 3.00. The number of fused-ring (bicyclic) bond motifs is 1. The second-order valence-corrected chi connectivity index (χ2v) is 8.21. The van der Waals surface area contributed by atoms with Gasteiger partial charge < -0.3 is 4.57 Å². The van der Waals surface area contributed by atoms with Crippen LogP contribution >= 0.6 is 34.7 Å². The van der Waals surface area contributed by atoms with Crippen LogP contribution in [0.1, 0.15) is 5.56 Å². The first-order valence-electron chi connectivity index (χ1n) is 8.27. The molecule has 1 heterocycles. The first-order valence-corrected chi connectivity index (χ1v) is 10.9. The zero-order valence-electron chi connectivity index (χ0n) is 14.9. The van der Waals surface area contributed by atoms with Crippen molar-refractivity contribution in [2.75, 3.05) is 12.0 Å². The van der Waals surface area contributed by atoms with Gasteiger partial charge in [-0.1, -0.05) is 35.1 Å². The summed E-state index contributed by atoms with van der Waals surface area (Å²) in [5.41, 5.74) is 1.52. The van der Waals surface area contributed by atoms with Crippen LogP contribution in [-0.4, -0.2) is 27.4 Å². The Kier molecular flexibility index (Phi) is 6.66. The van der Waals surface area contributed by atoms with Crippen LogP contribution in [0.15, 0.2) is 53.5 Å². The molecule has 0 atom stereocenters. The van der Waals surface area contributed by atoms with E-state index in [1.165, 1.54) is 35.6 Å². The number of aromatic nitrogens is 1. The highest BCUT2D eigenvalue weighted by molar-refractivity contribution is 7.98. The van der Waals surface area contributed by atoms with Crippen molar-refractivity contribution in [1.82, 2.24) is 4.57 Å². The molecule has 0 bridgehead atoms.